The second-order valence-corrected chi connectivity index (χ2v) is 12.0. The van der Waals surface area contributed by atoms with Crippen molar-refractivity contribution in [3.05, 3.63) is 22.7 Å². The van der Waals surface area contributed by atoms with Crippen LogP contribution in [0, 0.1) is 23.7 Å². The molecular formula is C27H37F2N3O9. The Kier molecular flexibility index (Phi) is 8.07. The van der Waals surface area contributed by atoms with Crippen LogP contribution in [0.1, 0.15) is 64.0 Å². The number of ether oxygens (including phenoxy) is 3. The molecule has 41 heavy (non-hydrogen) atoms. The molecule has 1 amide bonds. The summed E-state index contributed by atoms with van der Waals surface area (Å²) >= 11 is 0. The maximum atomic E-state index is 14.4. The number of nitrogens with one attached hydrogen (secondary N) is 1. The lowest BCUT2D eigenvalue weighted by atomic mass is 9.53. The highest BCUT2D eigenvalue weighted by Gasteiger charge is 2.61. The van der Waals surface area contributed by atoms with E-state index in [1.165, 1.54) is 6.42 Å². The monoisotopic (exact) mass is 585 g/mol. The van der Waals surface area contributed by atoms with Gasteiger partial charge in [0.05, 0.1) is 19.8 Å². The van der Waals surface area contributed by atoms with Gasteiger partial charge in [0.2, 0.25) is 12.0 Å². The Bertz CT molecular complexity index is 1140. The van der Waals surface area contributed by atoms with E-state index in [0.717, 1.165) is 62.6 Å². The molecule has 4 saturated carbocycles. The number of carbonyl (C=O) groups excluding carboxylic acids is 1. The number of alkyl halides is 2. The summed E-state index contributed by atoms with van der Waals surface area (Å²) in [5.74, 6) is -2.53. The Morgan fingerprint density at radius 3 is 2.51 bits per heavy atom. The Balaban J connectivity index is 1.04. The van der Waals surface area contributed by atoms with Crippen LogP contribution in [-0.4, -0.2) is 75.7 Å². The molecule has 4 bridgehead atoms. The number of rotatable bonds is 4. The predicted molar refractivity (Wildman–Crippen MR) is 136 cm³/mol. The first-order valence-electron chi connectivity index (χ1n) is 14.5. The Morgan fingerprint density at radius 1 is 1.12 bits per heavy atom. The third-order valence-electron chi connectivity index (χ3n) is 9.38. The number of carbonyl (C=O) groups is 1. The molecule has 0 aromatic carbocycles. The van der Waals surface area contributed by atoms with Crippen molar-refractivity contribution in [2.45, 2.75) is 94.0 Å². The Hall–Kier alpha value is -2.23. The number of hydrogen-bond acceptors (Lipinski definition) is 10. The number of aliphatic hydroxyl groups excluding tert-OH is 2. The van der Waals surface area contributed by atoms with E-state index in [-0.39, 0.29) is 12.4 Å². The second kappa shape index (κ2) is 11.5. The smallest absolute Gasteiger partial charge is 0.413 e. The van der Waals surface area contributed by atoms with E-state index in [4.69, 9.17) is 29.1 Å². The van der Waals surface area contributed by atoms with Crippen molar-refractivity contribution in [1.82, 2.24) is 9.55 Å². The van der Waals surface area contributed by atoms with E-state index in [9.17, 15) is 23.5 Å². The number of aromatic nitrogens is 2. The number of amides is 1. The number of aliphatic hydroxyl groups is 2. The molecule has 2 saturated heterocycles. The van der Waals surface area contributed by atoms with E-state index >= 15 is 0 Å². The van der Waals surface area contributed by atoms with Gasteiger partial charge in [-0.1, -0.05) is 0 Å². The molecule has 3 N–H and O–H groups in total. The highest BCUT2D eigenvalue weighted by atomic mass is 19.3. The fraction of sp³-hybridized carbons (Fsp3) is 0.815. The van der Waals surface area contributed by atoms with Gasteiger partial charge in [-0.3, -0.25) is 9.88 Å². The molecule has 3 heterocycles. The van der Waals surface area contributed by atoms with Gasteiger partial charge in [-0.2, -0.15) is 13.8 Å². The topological polar surface area (TPSA) is 151 Å². The van der Waals surface area contributed by atoms with Crippen molar-refractivity contribution in [2.75, 3.05) is 25.1 Å². The van der Waals surface area contributed by atoms with Crippen molar-refractivity contribution < 1.29 is 47.8 Å². The lowest BCUT2D eigenvalue weighted by molar-refractivity contribution is -0.476. The molecular weight excluding hydrogens is 548 g/mol. The molecule has 4 atom stereocenters. The zero-order valence-electron chi connectivity index (χ0n) is 22.7. The van der Waals surface area contributed by atoms with Crippen molar-refractivity contribution in [1.29, 1.82) is 0 Å². The molecule has 0 radical (unpaired) electrons. The van der Waals surface area contributed by atoms with Crippen LogP contribution in [-0.2, 0) is 24.0 Å². The van der Waals surface area contributed by atoms with Crippen molar-refractivity contribution in [3.63, 3.8) is 0 Å². The fourth-order valence-electron chi connectivity index (χ4n) is 7.58. The molecule has 2 aliphatic heterocycles. The zero-order chi connectivity index (χ0) is 28.8. The highest BCUT2D eigenvalue weighted by molar-refractivity contribution is 5.83. The minimum Gasteiger partial charge on any atom is -0.446 e. The molecule has 6 aliphatic rings. The molecule has 1 aromatic heterocycles. The molecule has 4 aliphatic carbocycles. The lowest BCUT2D eigenvalue weighted by Crippen LogP contribution is -2.60. The quantitative estimate of drug-likeness (QED) is 0.450. The van der Waals surface area contributed by atoms with Gasteiger partial charge in [0, 0.05) is 24.5 Å². The maximum absolute atomic E-state index is 14.4. The lowest BCUT2D eigenvalue weighted by Gasteiger charge is -2.58. The Morgan fingerprint density at radius 2 is 1.85 bits per heavy atom. The van der Waals surface area contributed by atoms with E-state index in [1.807, 2.05) is 0 Å². The van der Waals surface area contributed by atoms with Crippen LogP contribution in [0.15, 0.2) is 17.1 Å². The highest BCUT2D eigenvalue weighted by Crippen LogP contribution is 2.60. The summed E-state index contributed by atoms with van der Waals surface area (Å²) in [5.41, 5.74) is -1.14. The van der Waals surface area contributed by atoms with Crippen molar-refractivity contribution in [3.8, 4) is 0 Å². The summed E-state index contributed by atoms with van der Waals surface area (Å²) < 4.78 is 46.3. The van der Waals surface area contributed by atoms with Gasteiger partial charge in [0.1, 0.15) is 18.0 Å². The molecule has 12 nitrogen and oxygen atoms in total. The second-order valence-electron chi connectivity index (χ2n) is 12.0. The van der Waals surface area contributed by atoms with Crippen LogP contribution < -0.4 is 11.0 Å². The first-order chi connectivity index (χ1) is 19.7. The van der Waals surface area contributed by atoms with E-state index in [0.29, 0.717) is 35.9 Å². The molecule has 6 fully saturated rings. The van der Waals surface area contributed by atoms with E-state index in [2.05, 4.69) is 10.3 Å². The SMILES string of the molecule is O=C(Nc1ccn([C@@H]2O[C@H](CO)[C@@H](O)C2(F)F)c(=O)n1)OC1CCCCOC2(OOCC1)C1CC3CC(C1)CC2C3. The molecule has 1 aromatic rings. The average molecular weight is 586 g/mol. The summed E-state index contributed by atoms with van der Waals surface area (Å²) in [4.78, 5) is 40.5. The average Bonchev–Trinajstić information content (AvgIpc) is 3.13. The first kappa shape index (κ1) is 28.9. The zero-order valence-corrected chi connectivity index (χ0v) is 22.7. The molecule has 14 heteroatoms. The van der Waals surface area contributed by atoms with Crippen LogP contribution in [0.3, 0.4) is 0 Å². The third-order valence-corrected chi connectivity index (χ3v) is 9.38. The largest absolute Gasteiger partial charge is 0.446 e. The molecule has 228 valence electrons. The third kappa shape index (κ3) is 5.50. The van der Waals surface area contributed by atoms with Gasteiger partial charge in [0.25, 0.3) is 0 Å². The molecule has 1 unspecified atom stereocenters. The number of anilines is 1. The predicted octanol–water partition coefficient (Wildman–Crippen LogP) is 2.74. The minimum absolute atomic E-state index is 0.203. The minimum atomic E-state index is -3.84. The summed E-state index contributed by atoms with van der Waals surface area (Å²) in [5, 5.41) is 21.2. The number of nitrogens with zero attached hydrogens (tertiary/aromatic N) is 2. The van der Waals surface area contributed by atoms with Crippen molar-refractivity contribution in [2.24, 2.45) is 23.7 Å². The molecule has 7 rings (SSSR count). The van der Waals surface area contributed by atoms with Crippen LogP contribution in [0.2, 0.25) is 0 Å². The van der Waals surface area contributed by atoms with Gasteiger partial charge in [-0.25, -0.2) is 19.4 Å². The number of halogens is 2. The normalized spacial score (nSPS) is 40.3. The summed E-state index contributed by atoms with van der Waals surface area (Å²) in [7, 11) is 0. The van der Waals surface area contributed by atoms with Crippen LogP contribution in [0.5, 0.6) is 0 Å². The van der Waals surface area contributed by atoms with Crippen LogP contribution in [0.4, 0.5) is 19.4 Å². The van der Waals surface area contributed by atoms with Crippen molar-refractivity contribution >= 4 is 11.9 Å². The van der Waals surface area contributed by atoms with Gasteiger partial charge >= 0.3 is 17.7 Å². The fourth-order valence-corrected chi connectivity index (χ4v) is 7.58. The molecule has 1 spiro atoms. The summed E-state index contributed by atoms with van der Waals surface area (Å²) in [6.07, 6.45) is 1.88. The summed E-state index contributed by atoms with van der Waals surface area (Å²) in [6, 6.07) is 1.14. The maximum Gasteiger partial charge on any atom is 0.413 e. The van der Waals surface area contributed by atoms with Gasteiger partial charge < -0.3 is 24.4 Å². The number of hydrogen-bond donors (Lipinski definition) is 3. The Labute approximate surface area is 235 Å². The van der Waals surface area contributed by atoms with E-state index in [1.54, 1.807) is 0 Å². The summed E-state index contributed by atoms with van der Waals surface area (Å²) in [6.45, 7) is -0.111. The van der Waals surface area contributed by atoms with Crippen LogP contribution in [0.25, 0.3) is 0 Å². The van der Waals surface area contributed by atoms with E-state index < -0.39 is 54.6 Å². The van der Waals surface area contributed by atoms with Gasteiger partial charge in [-0.05, 0) is 69.3 Å². The standard InChI is InChI=1S/C27H37F2N3O9/c28-26(29)22(34)20(14-33)40-23(26)32-6-4-21(30-24(32)35)31-25(36)39-19-3-1-2-7-37-27(41-38-8-5-19)17-10-15-9-16(12-17)13-18(27)11-15/h4,6,15-20,22-23,33-34H,1-3,5,7-14H2,(H,30,31,35,36)/t15?,16?,17?,18?,19?,20-,22-,23-,27?/m1/s1. The van der Waals surface area contributed by atoms with Gasteiger partial charge in [0.15, 0.2) is 6.10 Å². The first-order valence-corrected chi connectivity index (χ1v) is 14.5. The van der Waals surface area contributed by atoms with Crippen LogP contribution >= 0.6 is 0 Å². The van der Waals surface area contributed by atoms with Gasteiger partial charge in [-0.15, -0.1) is 0 Å².